The first kappa shape index (κ1) is 13.6. The lowest BCUT2D eigenvalue weighted by Gasteiger charge is -2.15. The second kappa shape index (κ2) is 6.39. The SMILES string of the molecule is CCc1cccc(-c2ccccc2CCN)c1OC. The molecule has 100 valence electrons. The normalized spacial score (nSPS) is 10.5. The first-order chi connectivity index (χ1) is 9.31. The molecule has 0 saturated carbocycles. The van der Waals surface area contributed by atoms with Crippen molar-refractivity contribution in [2.75, 3.05) is 13.7 Å². The molecule has 2 aromatic carbocycles. The highest BCUT2D eigenvalue weighted by Crippen LogP contribution is 2.35. The molecule has 2 aromatic rings. The molecule has 2 nitrogen and oxygen atoms in total. The van der Waals surface area contributed by atoms with Crippen molar-refractivity contribution >= 4 is 0 Å². The Bertz CT molecular complexity index is 549. The van der Waals surface area contributed by atoms with Gasteiger partial charge in [-0.1, -0.05) is 49.4 Å². The summed E-state index contributed by atoms with van der Waals surface area (Å²) in [4.78, 5) is 0. The Labute approximate surface area is 115 Å². The van der Waals surface area contributed by atoms with E-state index in [0.717, 1.165) is 24.2 Å². The number of hydrogen-bond donors (Lipinski definition) is 1. The van der Waals surface area contributed by atoms with Crippen LogP contribution in [0.25, 0.3) is 11.1 Å². The van der Waals surface area contributed by atoms with Crippen molar-refractivity contribution in [1.82, 2.24) is 0 Å². The first-order valence-electron chi connectivity index (χ1n) is 6.76. The summed E-state index contributed by atoms with van der Waals surface area (Å²) < 4.78 is 5.62. The van der Waals surface area contributed by atoms with Crippen LogP contribution in [-0.4, -0.2) is 13.7 Å². The molecule has 0 aliphatic carbocycles. The van der Waals surface area contributed by atoms with Gasteiger partial charge in [-0.2, -0.15) is 0 Å². The lowest BCUT2D eigenvalue weighted by atomic mass is 9.95. The summed E-state index contributed by atoms with van der Waals surface area (Å²) in [5.41, 5.74) is 10.6. The molecule has 0 unspecified atom stereocenters. The summed E-state index contributed by atoms with van der Waals surface area (Å²) in [6.45, 7) is 2.81. The Morgan fingerprint density at radius 2 is 1.63 bits per heavy atom. The predicted octanol–water partition coefficient (Wildman–Crippen LogP) is 3.43. The maximum absolute atomic E-state index is 5.70. The Hall–Kier alpha value is -1.80. The van der Waals surface area contributed by atoms with Gasteiger partial charge in [-0.3, -0.25) is 0 Å². The zero-order valence-electron chi connectivity index (χ0n) is 11.6. The van der Waals surface area contributed by atoms with Crippen molar-refractivity contribution in [3.63, 3.8) is 0 Å². The maximum Gasteiger partial charge on any atom is 0.129 e. The van der Waals surface area contributed by atoms with Gasteiger partial charge in [0, 0.05) is 5.56 Å². The zero-order chi connectivity index (χ0) is 13.7. The molecule has 0 heterocycles. The molecular formula is C17H21NO. The summed E-state index contributed by atoms with van der Waals surface area (Å²) in [6.07, 6.45) is 1.85. The minimum atomic E-state index is 0.660. The van der Waals surface area contributed by atoms with Gasteiger partial charge < -0.3 is 10.5 Å². The van der Waals surface area contributed by atoms with E-state index in [1.807, 2.05) is 0 Å². The number of nitrogens with two attached hydrogens (primary N) is 1. The van der Waals surface area contributed by atoms with Gasteiger partial charge in [0.15, 0.2) is 0 Å². The standard InChI is InChI=1S/C17H21NO/c1-3-13-8-6-10-16(17(13)19-2)15-9-5-4-7-14(15)11-12-18/h4-10H,3,11-12,18H2,1-2H3. The fraction of sp³-hybridized carbons (Fsp3) is 0.294. The van der Waals surface area contributed by atoms with Crippen LogP contribution >= 0.6 is 0 Å². The van der Waals surface area contributed by atoms with Gasteiger partial charge in [0.25, 0.3) is 0 Å². The fourth-order valence-electron chi connectivity index (χ4n) is 2.47. The molecule has 0 radical (unpaired) electrons. The van der Waals surface area contributed by atoms with E-state index in [0.29, 0.717) is 6.54 Å². The van der Waals surface area contributed by atoms with Crippen molar-refractivity contribution in [1.29, 1.82) is 0 Å². The van der Waals surface area contributed by atoms with Gasteiger partial charge >= 0.3 is 0 Å². The molecule has 2 heteroatoms. The van der Waals surface area contributed by atoms with Crippen molar-refractivity contribution < 1.29 is 4.74 Å². The number of ether oxygens (including phenoxy) is 1. The van der Waals surface area contributed by atoms with Crippen LogP contribution in [0.3, 0.4) is 0 Å². The number of hydrogen-bond acceptors (Lipinski definition) is 2. The highest BCUT2D eigenvalue weighted by Gasteiger charge is 2.12. The minimum absolute atomic E-state index is 0.660. The molecule has 0 amide bonds. The Kier molecular flexibility index (Phi) is 4.58. The molecule has 0 atom stereocenters. The monoisotopic (exact) mass is 255 g/mol. The van der Waals surface area contributed by atoms with Gasteiger partial charge in [0.1, 0.15) is 5.75 Å². The summed E-state index contributed by atoms with van der Waals surface area (Å²) in [7, 11) is 1.74. The second-order valence-electron chi connectivity index (χ2n) is 4.55. The molecule has 0 aliphatic heterocycles. The fourth-order valence-corrected chi connectivity index (χ4v) is 2.47. The van der Waals surface area contributed by atoms with E-state index in [1.165, 1.54) is 16.7 Å². The van der Waals surface area contributed by atoms with Crippen LogP contribution in [0.2, 0.25) is 0 Å². The topological polar surface area (TPSA) is 35.2 Å². The molecule has 0 spiro atoms. The van der Waals surface area contributed by atoms with Crippen LogP contribution in [0.15, 0.2) is 42.5 Å². The molecule has 2 rings (SSSR count). The van der Waals surface area contributed by atoms with E-state index < -0.39 is 0 Å². The lowest BCUT2D eigenvalue weighted by Crippen LogP contribution is -2.04. The predicted molar refractivity (Wildman–Crippen MR) is 80.6 cm³/mol. The summed E-state index contributed by atoms with van der Waals surface area (Å²) in [5.74, 6) is 0.981. The number of rotatable bonds is 5. The highest BCUT2D eigenvalue weighted by molar-refractivity contribution is 5.75. The van der Waals surface area contributed by atoms with Crippen LogP contribution < -0.4 is 10.5 Å². The minimum Gasteiger partial charge on any atom is -0.496 e. The van der Waals surface area contributed by atoms with Gasteiger partial charge in [-0.05, 0) is 36.1 Å². The third-order valence-corrected chi connectivity index (χ3v) is 3.40. The molecule has 0 fully saturated rings. The summed E-state index contributed by atoms with van der Waals surface area (Å²) in [5, 5.41) is 0. The third-order valence-electron chi connectivity index (χ3n) is 3.40. The van der Waals surface area contributed by atoms with E-state index >= 15 is 0 Å². The highest BCUT2D eigenvalue weighted by atomic mass is 16.5. The number of para-hydroxylation sites is 1. The van der Waals surface area contributed by atoms with Crippen molar-refractivity contribution in [2.45, 2.75) is 19.8 Å². The smallest absolute Gasteiger partial charge is 0.129 e. The lowest BCUT2D eigenvalue weighted by molar-refractivity contribution is 0.412. The first-order valence-corrected chi connectivity index (χ1v) is 6.76. The average molecular weight is 255 g/mol. The molecule has 2 N–H and O–H groups in total. The Balaban J connectivity index is 2.58. The zero-order valence-corrected chi connectivity index (χ0v) is 11.6. The molecular weight excluding hydrogens is 234 g/mol. The maximum atomic E-state index is 5.70. The number of benzene rings is 2. The van der Waals surface area contributed by atoms with Crippen LogP contribution in [-0.2, 0) is 12.8 Å². The molecule has 0 aliphatic rings. The third kappa shape index (κ3) is 2.79. The second-order valence-corrected chi connectivity index (χ2v) is 4.55. The quantitative estimate of drug-likeness (QED) is 0.888. The van der Waals surface area contributed by atoms with E-state index in [1.54, 1.807) is 7.11 Å². The number of methoxy groups -OCH3 is 1. The van der Waals surface area contributed by atoms with Gasteiger partial charge in [0.05, 0.1) is 7.11 Å². The van der Waals surface area contributed by atoms with Crippen LogP contribution in [0.4, 0.5) is 0 Å². The van der Waals surface area contributed by atoms with Crippen molar-refractivity contribution in [2.24, 2.45) is 5.73 Å². The van der Waals surface area contributed by atoms with Crippen molar-refractivity contribution in [3.8, 4) is 16.9 Å². The molecule has 0 aromatic heterocycles. The van der Waals surface area contributed by atoms with E-state index in [9.17, 15) is 0 Å². The molecule has 0 bridgehead atoms. The largest absolute Gasteiger partial charge is 0.496 e. The van der Waals surface area contributed by atoms with E-state index in [4.69, 9.17) is 10.5 Å². The van der Waals surface area contributed by atoms with E-state index in [-0.39, 0.29) is 0 Å². The van der Waals surface area contributed by atoms with Gasteiger partial charge in [0.2, 0.25) is 0 Å². The van der Waals surface area contributed by atoms with Crippen molar-refractivity contribution in [3.05, 3.63) is 53.6 Å². The van der Waals surface area contributed by atoms with Crippen LogP contribution in [0.5, 0.6) is 5.75 Å². The van der Waals surface area contributed by atoms with Crippen LogP contribution in [0.1, 0.15) is 18.1 Å². The van der Waals surface area contributed by atoms with Gasteiger partial charge in [-0.15, -0.1) is 0 Å². The Morgan fingerprint density at radius 3 is 2.32 bits per heavy atom. The number of aryl methyl sites for hydroxylation is 1. The van der Waals surface area contributed by atoms with E-state index in [2.05, 4.69) is 49.4 Å². The molecule has 19 heavy (non-hydrogen) atoms. The average Bonchev–Trinajstić information content (AvgIpc) is 2.47. The summed E-state index contributed by atoms with van der Waals surface area (Å²) in [6, 6.07) is 14.7. The van der Waals surface area contributed by atoms with Gasteiger partial charge in [-0.25, -0.2) is 0 Å². The Morgan fingerprint density at radius 1 is 0.947 bits per heavy atom. The van der Waals surface area contributed by atoms with Crippen LogP contribution in [0, 0.1) is 0 Å². The molecule has 0 saturated heterocycles. The summed E-state index contributed by atoms with van der Waals surface area (Å²) >= 11 is 0.